The second-order valence-corrected chi connectivity index (χ2v) is 6.49. The molecule has 0 aromatic carbocycles. The molecule has 1 saturated heterocycles. The average molecular weight is 306 g/mol. The molecule has 1 aliphatic heterocycles. The molecule has 0 radical (unpaired) electrons. The summed E-state index contributed by atoms with van der Waals surface area (Å²) in [5.74, 6) is 1.13. The number of aliphatic hydroxyl groups is 1. The lowest BCUT2D eigenvalue weighted by molar-refractivity contribution is 0.0675. The lowest BCUT2D eigenvalue weighted by atomic mass is 9.87. The summed E-state index contributed by atoms with van der Waals surface area (Å²) in [5, 5.41) is 12.8. The van der Waals surface area contributed by atoms with Gasteiger partial charge in [-0.05, 0) is 38.2 Å². The molecule has 2 N–H and O–H groups in total. The maximum atomic E-state index is 12.5. The first-order valence-corrected chi connectivity index (χ1v) is 7.92. The maximum Gasteiger partial charge on any atom is 0.318 e. The Bertz CT molecular complexity index is 521. The Morgan fingerprint density at radius 1 is 1.55 bits per heavy atom. The van der Waals surface area contributed by atoms with E-state index in [1.165, 1.54) is 0 Å². The lowest BCUT2D eigenvalue weighted by Gasteiger charge is -2.38. The van der Waals surface area contributed by atoms with Crippen LogP contribution in [-0.4, -0.2) is 44.7 Å². The standard InChI is InChI=1S/C16H26N4O2/c1-12(2)9-16(11-21)6-4-8-20(16)15(22)18-10-14-5-7-17-13(3)19-14/h5,7,12,21H,4,6,8-11H2,1-3H3,(H,18,22). The van der Waals surface area contributed by atoms with Crippen LogP contribution in [0.2, 0.25) is 0 Å². The Balaban J connectivity index is 2.01. The first kappa shape index (κ1) is 16.7. The van der Waals surface area contributed by atoms with Crippen molar-refractivity contribution in [1.82, 2.24) is 20.2 Å². The van der Waals surface area contributed by atoms with Gasteiger partial charge in [-0.1, -0.05) is 13.8 Å². The molecule has 22 heavy (non-hydrogen) atoms. The van der Waals surface area contributed by atoms with E-state index in [9.17, 15) is 9.90 Å². The van der Waals surface area contributed by atoms with Gasteiger partial charge in [0.05, 0.1) is 24.4 Å². The van der Waals surface area contributed by atoms with Crippen LogP contribution in [-0.2, 0) is 6.54 Å². The molecule has 6 heteroatoms. The molecule has 0 spiro atoms. The molecule has 1 unspecified atom stereocenters. The van der Waals surface area contributed by atoms with Gasteiger partial charge in [0.15, 0.2) is 0 Å². The highest BCUT2D eigenvalue weighted by Gasteiger charge is 2.43. The van der Waals surface area contributed by atoms with E-state index < -0.39 is 5.54 Å². The molecular weight excluding hydrogens is 280 g/mol. The number of nitrogens with zero attached hydrogens (tertiary/aromatic N) is 3. The van der Waals surface area contributed by atoms with Crippen LogP contribution in [0.3, 0.4) is 0 Å². The normalized spacial score (nSPS) is 21.4. The third-order valence-electron chi connectivity index (χ3n) is 4.18. The van der Waals surface area contributed by atoms with Crippen molar-refractivity contribution < 1.29 is 9.90 Å². The van der Waals surface area contributed by atoms with E-state index in [1.54, 1.807) is 17.2 Å². The summed E-state index contributed by atoms with van der Waals surface area (Å²) in [6.45, 7) is 7.16. The highest BCUT2D eigenvalue weighted by molar-refractivity contribution is 5.75. The Morgan fingerprint density at radius 3 is 2.95 bits per heavy atom. The SMILES string of the molecule is Cc1nccc(CNC(=O)N2CCCC2(CO)CC(C)C)n1. The predicted molar refractivity (Wildman–Crippen MR) is 84.2 cm³/mol. The summed E-state index contributed by atoms with van der Waals surface area (Å²) >= 11 is 0. The summed E-state index contributed by atoms with van der Waals surface area (Å²) in [6.07, 6.45) is 4.31. The summed E-state index contributed by atoms with van der Waals surface area (Å²) in [7, 11) is 0. The quantitative estimate of drug-likeness (QED) is 0.870. The van der Waals surface area contributed by atoms with Gasteiger partial charge >= 0.3 is 6.03 Å². The van der Waals surface area contributed by atoms with Gasteiger partial charge in [-0.25, -0.2) is 14.8 Å². The lowest BCUT2D eigenvalue weighted by Crippen LogP contribution is -2.54. The fraction of sp³-hybridized carbons (Fsp3) is 0.688. The smallest absolute Gasteiger partial charge is 0.318 e. The molecule has 1 aromatic rings. The first-order chi connectivity index (χ1) is 10.5. The van der Waals surface area contributed by atoms with Gasteiger partial charge < -0.3 is 15.3 Å². The molecule has 6 nitrogen and oxygen atoms in total. The van der Waals surface area contributed by atoms with Crippen molar-refractivity contribution in [3.05, 3.63) is 23.8 Å². The number of aliphatic hydroxyl groups excluding tert-OH is 1. The van der Waals surface area contributed by atoms with Gasteiger partial charge in [0.25, 0.3) is 0 Å². The summed E-state index contributed by atoms with van der Waals surface area (Å²) in [5.41, 5.74) is 0.373. The molecule has 1 fully saturated rings. The summed E-state index contributed by atoms with van der Waals surface area (Å²) in [4.78, 5) is 22.7. The van der Waals surface area contributed by atoms with Crippen molar-refractivity contribution in [2.45, 2.75) is 52.1 Å². The fourth-order valence-electron chi connectivity index (χ4n) is 3.32. The number of aromatic nitrogens is 2. The Morgan fingerprint density at radius 2 is 2.32 bits per heavy atom. The number of nitrogens with one attached hydrogen (secondary N) is 1. The van der Waals surface area contributed by atoms with E-state index in [2.05, 4.69) is 29.1 Å². The van der Waals surface area contributed by atoms with Crippen LogP contribution in [0.4, 0.5) is 4.79 Å². The topological polar surface area (TPSA) is 78.4 Å². The van der Waals surface area contributed by atoms with Crippen LogP contribution < -0.4 is 5.32 Å². The third-order valence-corrected chi connectivity index (χ3v) is 4.18. The zero-order valence-corrected chi connectivity index (χ0v) is 13.7. The minimum atomic E-state index is -0.417. The monoisotopic (exact) mass is 306 g/mol. The van der Waals surface area contributed by atoms with E-state index >= 15 is 0 Å². The number of carbonyl (C=O) groups is 1. The van der Waals surface area contributed by atoms with E-state index in [-0.39, 0.29) is 12.6 Å². The van der Waals surface area contributed by atoms with Gasteiger partial charge in [0, 0.05) is 12.7 Å². The Labute approximate surface area is 132 Å². The highest BCUT2D eigenvalue weighted by atomic mass is 16.3. The number of aryl methyl sites for hydroxylation is 1. The van der Waals surface area contributed by atoms with Gasteiger partial charge in [-0.3, -0.25) is 0 Å². The molecule has 0 bridgehead atoms. The van der Waals surface area contributed by atoms with Crippen LogP contribution in [0.1, 0.15) is 44.6 Å². The van der Waals surface area contributed by atoms with Gasteiger partial charge in [-0.2, -0.15) is 0 Å². The van der Waals surface area contributed by atoms with Crippen molar-refractivity contribution in [2.24, 2.45) is 5.92 Å². The molecule has 2 rings (SSSR count). The van der Waals surface area contributed by atoms with Crippen molar-refractivity contribution in [2.75, 3.05) is 13.2 Å². The number of likely N-dealkylation sites (tertiary alicyclic amines) is 1. The van der Waals surface area contributed by atoms with Crippen molar-refractivity contribution in [3.63, 3.8) is 0 Å². The van der Waals surface area contributed by atoms with Crippen LogP contribution in [0.5, 0.6) is 0 Å². The minimum Gasteiger partial charge on any atom is -0.394 e. The average Bonchev–Trinajstić information content (AvgIpc) is 2.88. The van der Waals surface area contributed by atoms with Gasteiger partial charge in [-0.15, -0.1) is 0 Å². The van der Waals surface area contributed by atoms with E-state index in [4.69, 9.17) is 0 Å². The molecule has 1 atom stereocenters. The largest absolute Gasteiger partial charge is 0.394 e. The molecule has 2 heterocycles. The van der Waals surface area contributed by atoms with Crippen LogP contribution >= 0.6 is 0 Å². The minimum absolute atomic E-state index is 0.0191. The number of carbonyl (C=O) groups excluding carboxylic acids is 1. The second-order valence-electron chi connectivity index (χ2n) is 6.49. The Kier molecular flexibility index (Phi) is 5.34. The third kappa shape index (κ3) is 3.74. The first-order valence-electron chi connectivity index (χ1n) is 7.92. The fourth-order valence-corrected chi connectivity index (χ4v) is 3.32. The molecule has 1 aliphatic rings. The van der Waals surface area contributed by atoms with Crippen molar-refractivity contribution >= 4 is 6.03 Å². The van der Waals surface area contributed by atoms with Gasteiger partial charge in [0.1, 0.15) is 5.82 Å². The molecule has 0 saturated carbocycles. The molecular formula is C16H26N4O2. The number of amides is 2. The number of hydrogen-bond donors (Lipinski definition) is 2. The molecule has 122 valence electrons. The van der Waals surface area contributed by atoms with E-state index in [1.807, 2.05) is 6.92 Å². The number of hydrogen-bond acceptors (Lipinski definition) is 4. The molecule has 2 amide bonds. The number of rotatable bonds is 5. The van der Waals surface area contributed by atoms with E-state index in [0.717, 1.165) is 25.0 Å². The number of urea groups is 1. The summed E-state index contributed by atoms with van der Waals surface area (Å²) in [6, 6.07) is 1.67. The highest BCUT2D eigenvalue weighted by Crippen LogP contribution is 2.34. The van der Waals surface area contributed by atoms with Crippen LogP contribution in [0, 0.1) is 12.8 Å². The van der Waals surface area contributed by atoms with Gasteiger partial charge in [0.2, 0.25) is 0 Å². The van der Waals surface area contributed by atoms with Crippen LogP contribution in [0.15, 0.2) is 12.3 Å². The van der Waals surface area contributed by atoms with Crippen LogP contribution in [0.25, 0.3) is 0 Å². The van der Waals surface area contributed by atoms with E-state index in [0.29, 0.717) is 24.8 Å². The Hall–Kier alpha value is -1.69. The van der Waals surface area contributed by atoms with Crippen molar-refractivity contribution in [3.8, 4) is 0 Å². The summed E-state index contributed by atoms with van der Waals surface area (Å²) < 4.78 is 0. The zero-order valence-electron chi connectivity index (χ0n) is 13.7. The molecule has 0 aliphatic carbocycles. The molecule has 1 aromatic heterocycles. The van der Waals surface area contributed by atoms with Crippen molar-refractivity contribution in [1.29, 1.82) is 0 Å². The second kappa shape index (κ2) is 7.05. The maximum absolute atomic E-state index is 12.5. The zero-order chi connectivity index (χ0) is 16.2. The predicted octanol–water partition coefficient (Wildman–Crippen LogP) is 1.87.